The van der Waals surface area contributed by atoms with Crippen molar-refractivity contribution >= 4 is 57.2 Å². The first kappa shape index (κ1) is 47.3. The molecular weight excluding hydrogens is 844 g/mol. The van der Waals surface area contributed by atoms with Crippen LogP contribution in [0.3, 0.4) is 0 Å². The summed E-state index contributed by atoms with van der Waals surface area (Å²) >= 11 is 0. The Morgan fingerprint density at radius 1 is 0.386 bits per heavy atom. The minimum Gasteiger partial charge on any atom is -0.311 e. The van der Waals surface area contributed by atoms with Gasteiger partial charge in [0.05, 0.1) is 0 Å². The van der Waals surface area contributed by atoms with Crippen molar-refractivity contribution < 1.29 is 0 Å². The monoisotopic (exact) mass is 925 g/mol. The first-order chi connectivity index (χ1) is 32.4. The summed E-state index contributed by atoms with van der Waals surface area (Å²) in [5.41, 5.74) is 28.1. The number of hydrogen-bond acceptors (Lipinski definition) is 2. The highest BCUT2D eigenvalue weighted by molar-refractivity contribution is 7.00. The Kier molecular flexibility index (Phi) is 9.85. The van der Waals surface area contributed by atoms with E-state index in [1.165, 1.54) is 125 Å². The smallest absolute Gasteiger partial charge is 0.252 e. The molecule has 0 atom stereocenters. The van der Waals surface area contributed by atoms with Gasteiger partial charge in [-0.3, -0.25) is 0 Å². The van der Waals surface area contributed by atoms with Crippen molar-refractivity contribution in [2.45, 2.75) is 201 Å². The lowest BCUT2D eigenvalue weighted by molar-refractivity contribution is 0.332. The number of hydrogen-bond donors (Lipinski definition) is 0. The van der Waals surface area contributed by atoms with E-state index in [0.29, 0.717) is 0 Å². The first-order valence-electron chi connectivity index (χ1n) is 26.8. The van der Waals surface area contributed by atoms with Crippen LogP contribution < -0.4 is 26.2 Å². The van der Waals surface area contributed by atoms with Crippen molar-refractivity contribution in [2.75, 3.05) is 9.80 Å². The van der Waals surface area contributed by atoms with Gasteiger partial charge < -0.3 is 9.80 Å². The second-order valence-corrected chi connectivity index (χ2v) is 28.5. The molecule has 2 heterocycles. The SMILES string of the molecule is Cc1cc2c(cc1N1c3cc4c(cc3B3c5ccc(C(C)(C)c6ccccc6)cc5N(c5cc6c(cc5C)C(C)(C)CC6(C)C)c5cc(C(C)(C)C)cc1c53)C(C)(C)CC4(C)C)C(C)(C)CCC2(C)C. The van der Waals surface area contributed by atoms with Gasteiger partial charge in [-0.05, 0) is 191 Å². The summed E-state index contributed by atoms with van der Waals surface area (Å²) < 4.78 is 0. The molecule has 6 aromatic carbocycles. The molecule has 3 aliphatic carbocycles. The highest BCUT2D eigenvalue weighted by Gasteiger charge is 2.50. The molecule has 0 fully saturated rings. The minimum absolute atomic E-state index is 0.0358. The minimum atomic E-state index is -0.219. The van der Waals surface area contributed by atoms with Crippen LogP contribution in [0.4, 0.5) is 34.1 Å². The number of anilines is 6. The van der Waals surface area contributed by atoms with Crippen LogP contribution in [-0.2, 0) is 43.3 Å². The second-order valence-electron chi connectivity index (χ2n) is 28.5. The maximum absolute atomic E-state index is 2.77. The molecule has 70 heavy (non-hydrogen) atoms. The predicted molar refractivity (Wildman–Crippen MR) is 304 cm³/mol. The van der Waals surface area contributed by atoms with E-state index in [4.69, 9.17) is 0 Å². The third-order valence-corrected chi connectivity index (χ3v) is 19.0. The molecule has 5 aliphatic rings. The van der Waals surface area contributed by atoms with Crippen molar-refractivity contribution in [3.63, 3.8) is 0 Å². The van der Waals surface area contributed by atoms with E-state index in [1.54, 1.807) is 0 Å². The van der Waals surface area contributed by atoms with E-state index in [-0.39, 0.29) is 50.0 Å². The molecule has 0 aromatic heterocycles. The van der Waals surface area contributed by atoms with E-state index < -0.39 is 0 Å². The molecule has 0 spiro atoms. The Morgan fingerprint density at radius 3 is 1.27 bits per heavy atom. The average molecular weight is 925 g/mol. The fourth-order valence-electron chi connectivity index (χ4n) is 15.1. The maximum Gasteiger partial charge on any atom is 0.252 e. The van der Waals surface area contributed by atoms with Crippen LogP contribution in [0.1, 0.15) is 205 Å². The standard InChI is InChI=1S/C67H81BN2/c1-40-29-45-48(62(8,9)28-27-61(45,6)7)35-53(40)70-56-37-50-47(64(12,13)39-66(50,16)17)34-52(56)68-51-26-25-43(67(18,19)42-23-21-20-22-24-42)31-55(51)69(57-32-44(60(3,4)5)33-58(70)59(57)68)54-36-49-46(30-41(54)2)63(10,11)38-65(49,14)15/h20-26,29-37H,27-28,38-39H2,1-19H3. The largest absolute Gasteiger partial charge is 0.311 e. The van der Waals surface area contributed by atoms with Gasteiger partial charge in [0.2, 0.25) is 0 Å². The van der Waals surface area contributed by atoms with Gasteiger partial charge in [-0.15, -0.1) is 0 Å². The van der Waals surface area contributed by atoms with Crippen molar-refractivity contribution in [1.29, 1.82) is 0 Å². The predicted octanol–water partition coefficient (Wildman–Crippen LogP) is 16.3. The molecule has 0 saturated carbocycles. The zero-order valence-electron chi connectivity index (χ0n) is 46.5. The van der Waals surface area contributed by atoms with Gasteiger partial charge in [-0.1, -0.05) is 178 Å². The van der Waals surface area contributed by atoms with Gasteiger partial charge in [0, 0.05) is 39.5 Å². The van der Waals surface area contributed by atoms with Crippen LogP contribution in [0.2, 0.25) is 0 Å². The lowest BCUT2D eigenvalue weighted by Crippen LogP contribution is -2.62. The zero-order chi connectivity index (χ0) is 50.4. The molecule has 0 radical (unpaired) electrons. The lowest BCUT2D eigenvalue weighted by Gasteiger charge is -2.47. The number of benzene rings is 6. The highest BCUT2D eigenvalue weighted by Crippen LogP contribution is 2.57. The van der Waals surface area contributed by atoms with Gasteiger partial charge in [0.1, 0.15) is 0 Å². The van der Waals surface area contributed by atoms with Gasteiger partial charge in [-0.25, -0.2) is 0 Å². The number of fused-ring (bicyclic) bond motifs is 7. The molecule has 0 N–H and O–H groups in total. The van der Waals surface area contributed by atoms with Crippen LogP contribution in [0.25, 0.3) is 0 Å². The summed E-state index contributed by atoms with van der Waals surface area (Å²) in [7, 11) is 0. The highest BCUT2D eigenvalue weighted by atomic mass is 15.2. The van der Waals surface area contributed by atoms with E-state index in [0.717, 1.165) is 12.8 Å². The Balaban J connectivity index is 1.29. The van der Waals surface area contributed by atoms with Crippen LogP contribution in [0.5, 0.6) is 0 Å². The van der Waals surface area contributed by atoms with E-state index >= 15 is 0 Å². The van der Waals surface area contributed by atoms with Crippen molar-refractivity contribution in [1.82, 2.24) is 0 Å². The van der Waals surface area contributed by atoms with Crippen LogP contribution in [0.15, 0.2) is 97.1 Å². The fourth-order valence-corrected chi connectivity index (χ4v) is 15.1. The van der Waals surface area contributed by atoms with Crippen LogP contribution in [-0.4, -0.2) is 6.71 Å². The average Bonchev–Trinajstić information content (AvgIpc) is 3.57. The molecule has 0 amide bonds. The fraction of sp³-hybridized carbons (Fsp3) is 0.463. The molecule has 362 valence electrons. The van der Waals surface area contributed by atoms with Gasteiger partial charge in [0.15, 0.2) is 0 Å². The summed E-state index contributed by atoms with van der Waals surface area (Å²) in [6.07, 6.45) is 4.65. The number of rotatable bonds is 4. The van der Waals surface area contributed by atoms with E-state index in [1.807, 2.05) is 0 Å². The molecule has 3 heteroatoms. The van der Waals surface area contributed by atoms with Crippen molar-refractivity contribution in [3.05, 3.63) is 158 Å². The molecule has 6 aromatic rings. The van der Waals surface area contributed by atoms with E-state index in [9.17, 15) is 0 Å². The van der Waals surface area contributed by atoms with Gasteiger partial charge >= 0.3 is 0 Å². The number of nitrogens with zero attached hydrogens (tertiary/aromatic N) is 2. The second kappa shape index (κ2) is 14.6. The Labute approximate surface area is 423 Å². The molecule has 0 unspecified atom stereocenters. The quantitative estimate of drug-likeness (QED) is 0.162. The summed E-state index contributed by atoms with van der Waals surface area (Å²) in [5.74, 6) is 0. The molecule has 0 saturated heterocycles. The normalized spacial score (nSPS) is 20.3. The Hall–Kier alpha value is -5.02. The lowest BCUT2D eigenvalue weighted by atomic mass is 9.33. The Bertz CT molecular complexity index is 3200. The van der Waals surface area contributed by atoms with E-state index in [2.05, 4.69) is 238 Å². The first-order valence-corrected chi connectivity index (χ1v) is 26.8. The number of aryl methyl sites for hydroxylation is 2. The zero-order valence-corrected chi connectivity index (χ0v) is 46.5. The maximum atomic E-state index is 2.77. The van der Waals surface area contributed by atoms with Crippen molar-refractivity contribution in [2.24, 2.45) is 0 Å². The topological polar surface area (TPSA) is 6.48 Å². The molecule has 2 aliphatic heterocycles. The summed E-state index contributed by atoms with van der Waals surface area (Å²) in [6.45, 7) is 46.6. The Morgan fingerprint density at radius 2 is 0.786 bits per heavy atom. The van der Waals surface area contributed by atoms with Crippen molar-refractivity contribution in [3.8, 4) is 0 Å². The summed E-state index contributed by atoms with van der Waals surface area (Å²) in [5, 5.41) is 0. The van der Waals surface area contributed by atoms with Crippen LogP contribution >= 0.6 is 0 Å². The third-order valence-electron chi connectivity index (χ3n) is 19.0. The molecule has 11 rings (SSSR count). The summed E-state index contributed by atoms with van der Waals surface area (Å²) in [4.78, 5) is 5.52. The molecular formula is C67H81BN2. The molecule has 0 bridgehead atoms. The summed E-state index contributed by atoms with van der Waals surface area (Å²) in [6, 6.07) is 39.8. The van der Waals surface area contributed by atoms with Gasteiger partial charge in [0.25, 0.3) is 6.71 Å². The van der Waals surface area contributed by atoms with Crippen LogP contribution in [0, 0.1) is 13.8 Å². The third kappa shape index (κ3) is 6.78. The molecule has 2 nitrogen and oxygen atoms in total. The van der Waals surface area contributed by atoms with Gasteiger partial charge in [-0.2, -0.15) is 0 Å².